The minimum atomic E-state index is -0.746. The second kappa shape index (κ2) is 11.6. The molecule has 0 amide bonds. The molecule has 0 aromatic heterocycles. The first-order chi connectivity index (χ1) is 18.3. The van der Waals surface area contributed by atoms with E-state index in [1.807, 2.05) is 31.2 Å². The summed E-state index contributed by atoms with van der Waals surface area (Å²) < 4.78 is 28.0. The largest absolute Gasteiger partial charge is 0.493 e. The number of carbonyl (C=O) groups excluding carboxylic acids is 2. The van der Waals surface area contributed by atoms with Crippen molar-refractivity contribution >= 4 is 33.4 Å². The number of ketones is 1. The summed E-state index contributed by atoms with van der Waals surface area (Å²) in [4.78, 5) is 32.0. The second-order valence-corrected chi connectivity index (χ2v) is 10.0. The third kappa shape index (κ3) is 5.04. The zero-order chi connectivity index (χ0) is 27.6. The summed E-state index contributed by atoms with van der Waals surface area (Å²) in [7, 11) is 6.29. The number of ether oxygens (including phenoxy) is 5. The van der Waals surface area contributed by atoms with Crippen LogP contribution in [0.2, 0.25) is 0 Å². The van der Waals surface area contributed by atoms with Gasteiger partial charge < -0.3 is 23.7 Å². The van der Waals surface area contributed by atoms with Crippen molar-refractivity contribution in [2.45, 2.75) is 38.5 Å². The second-order valence-electron chi connectivity index (χ2n) is 9.19. The first-order valence-electron chi connectivity index (χ1n) is 12.4. The molecule has 0 bridgehead atoms. The van der Waals surface area contributed by atoms with Gasteiger partial charge in [0.05, 0.1) is 35.0 Å². The molecule has 0 N–H and O–H groups in total. The zero-order valence-corrected chi connectivity index (χ0v) is 24.0. The van der Waals surface area contributed by atoms with Crippen LogP contribution in [0.1, 0.15) is 49.7 Å². The van der Waals surface area contributed by atoms with E-state index in [2.05, 4.69) is 15.9 Å². The van der Waals surface area contributed by atoms with Crippen LogP contribution in [0.15, 0.2) is 51.1 Å². The molecule has 202 valence electrons. The van der Waals surface area contributed by atoms with E-state index in [9.17, 15) is 9.59 Å². The van der Waals surface area contributed by atoms with Crippen molar-refractivity contribution in [2.24, 2.45) is 10.9 Å². The molecule has 2 aliphatic rings. The van der Waals surface area contributed by atoms with E-state index < -0.39 is 17.8 Å². The van der Waals surface area contributed by atoms with Gasteiger partial charge in [0.25, 0.3) is 0 Å². The van der Waals surface area contributed by atoms with Gasteiger partial charge in [0, 0.05) is 33.8 Å². The van der Waals surface area contributed by atoms with Crippen LogP contribution in [0, 0.1) is 5.92 Å². The summed E-state index contributed by atoms with van der Waals surface area (Å²) in [6, 6.07) is 9.31. The Bertz CT molecular complexity index is 1320. The number of hydrogen-bond acceptors (Lipinski definition) is 8. The van der Waals surface area contributed by atoms with Gasteiger partial charge in [-0.15, -0.1) is 0 Å². The Balaban J connectivity index is 1.84. The highest BCUT2D eigenvalue weighted by Gasteiger charge is 2.45. The molecule has 0 radical (unpaired) electrons. The summed E-state index contributed by atoms with van der Waals surface area (Å²) in [5.74, 6) is 0.378. The average molecular weight is 586 g/mol. The minimum absolute atomic E-state index is 0.0525. The van der Waals surface area contributed by atoms with E-state index in [0.29, 0.717) is 50.9 Å². The fraction of sp³-hybridized carbons (Fsp3) is 0.414. The highest BCUT2D eigenvalue weighted by molar-refractivity contribution is 9.10. The van der Waals surface area contributed by atoms with Gasteiger partial charge in [-0.05, 0) is 61.6 Å². The minimum Gasteiger partial charge on any atom is -0.493 e. The standard InChI is InChI=1S/C29H32BrNO7/c1-7-38-29(33)26-15(2)31-20-10-17(16-8-9-22(34-3)23(12-16)35-4)11-21(32)28(20)27(26)18-13-24(36-5)25(37-6)14-19(18)30/h8-9,12-14,17,26-27H,7,10-11H2,1-6H3/t17-,26?,27-/m0/s1. The van der Waals surface area contributed by atoms with Crippen molar-refractivity contribution in [3.63, 3.8) is 0 Å². The van der Waals surface area contributed by atoms with Crippen molar-refractivity contribution in [2.75, 3.05) is 35.0 Å². The third-order valence-electron chi connectivity index (χ3n) is 7.15. The fourth-order valence-electron chi connectivity index (χ4n) is 5.38. The Hall–Kier alpha value is -3.33. The van der Waals surface area contributed by atoms with E-state index in [1.165, 1.54) is 0 Å². The molecule has 2 aromatic carbocycles. The molecule has 0 fully saturated rings. The quantitative estimate of drug-likeness (QED) is 0.371. The average Bonchev–Trinajstić information content (AvgIpc) is 2.91. The number of rotatable bonds is 8. The van der Waals surface area contributed by atoms with Gasteiger partial charge in [-0.25, -0.2) is 0 Å². The van der Waals surface area contributed by atoms with Crippen LogP contribution >= 0.6 is 15.9 Å². The first kappa shape index (κ1) is 27.7. The fourth-order valence-corrected chi connectivity index (χ4v) is 5.95. The van der Waals surface area contributed by atoms with Crippen molar-refractivity contribution in [3.8, 4) is 23.0 Å². The summed E-state index contributed by atoms with van der Waals surface area (Å²) in [6.07, 6.45) is 0.824. The molecule has 0 spiro atoms. The highest BCUT2D eigenvalue weighted by atomic mass is 79.9. The van der Waals surface area contributed by atoms with Crippen molar-refractivity contribution in [3.05, 3.63) is 57.2 Å². The van der Waals surface area contributed by atoms with E-state index in [1.54, 1.807) is 41.4 Å². The smallest absolute Gasteiger partial charge is 0.315 e. The summed E-state index contributed by atoms with van der Waals surface area (Å²) >= 11 is 3.65. The molecule has 0 saturated carbocycles. The molecule has 9 heteroatoms. The Labute approximate surface area is 231 Å². The van der Waals surface area contributed by atoms with Gasteiger partial charge in [-0.3, -0.25) is 14.6 Å². The Morgan fingerprint density at radius 1 is 0.947 bits per heavy atom. The number of carbonyl (C=O) groups is 2. The van der Waals surface area contributed by atoms with E-state index in [-0.39, 0.29) is 24.7 Å². The van der Waals surface area contributed by atoms with Crippen LogP contribution in [0.25, 0.3) is 0 Å². The molecular weight excluding hydrogens is 554 g/mol. The number of Topliss-reactive ketones (excluding diaryl/α,β-unsaturated/α-hetero) is 1. The number of benzene rings is 2. The van der Waals surface area contributed by atoms with Gasteiger partial charge >= 0.3 is 5.97 Å². The SMILES string of the molecule is CCOC(=O)C1C(C)=NC2=C(C(=O)C[C@@H](c3ccc(OC)c(OC)c3)C2)[C@H]1c1cc(OC)c(OC)cc1Br. The number of aliphatic imine (C=N–C) groups is 1. The maximum Gasteiger partial charge on any atom is 0.315 e. The van der Waals surface area contributed by atoms with Gasteiger partial charge in [0.2, 0.25) is 0 Å². The van der Waals surface area contributed by atoms with E-state index in [0.717, 1.165) is 11.1 Å². The predicted molar refractivity (Wildman–Crippen MR) is 147 cm³/mol. The Morgan fingerprint density at radius 2 is 1.58 bits per heavy atom. The summed E-state index contributed by atoms with van der Waals surface area (Å²) in [5, 5.41) is 0. The van der Waals surface area contributed by atoms with Gasteiger partial charge in [0.15, 0.2) is 28.8 Å². The van der Waals surface area contributed by atoms with Gasteiger partial charge in [0.1, 0.15) is 5.92 Å². The molecule has 3 atom stereocenters. The van der Waals surface area contributed by atoms with E-state index >= 15 is 0 Å². The third-order valence-corrected chi connectivity index (χ3v) is 7.83. The van der Waals surface area contributed by atoms with Crippen LogP contribution in [0.3, 0.4) is 0 Å². The molecule has 8 nitrogen and oxygen atoms in total. The van der Waals surface area contributed by atoms with Crippen molar-refractivity contribution in [1.82, 2.24) is 0 Å². The van der Waals surface area contributed by atoms with Crippen LogP contribution in [-0.2, 0) is 14.3 Å². The number of allylic oxidation sites excluding steroid dienone is 2. The number of halogens is 1. The molecule has 1 unspecified atom stereocenters. The summed E-state index contributed by atoms with van der Waals surface area (Å²) in [6.45, 7) is 3.81. The maximum absolute atomic E-state index is 13.9. The molecule has 1 aliphatic carbocycles. The zero-order valence-electron chi connectivity index (χ0n) is 22.4. The van der Waals surface area contributed by atoms with E-state index in [4.69, 9.17) is 28.7 Å². The van der Waals surface area contributed by atoms with Crippen LogP contribution in [0.4, 0.5) is 0 Å². The monoisotopic (exact) mass is 585 g/mol. The number of hydrogen-bond donors (Lipinski definition) is 0. The predicted octanol–water partition coefficient (Wildman–Crippen LogP) is 5.62. The van der Waals surface area contributed by atoms with Crippen molar-refractivity contribution < 1.29 is 33.3 Å². The molecule has 0 saturated heterocycles. The molecule has 38 heavy (non-hydrogen) atoms. The van der Waals surface area contributed by atoms with Gasteiger partial charge in [-0.2, -0.15) is 0 Å². The molecule has 4 rings (SSSR count). The Morgan fingerprint density at radius 3 is 2.21 bits per heavy atom. The highest BCUT2D eigenvalue weighted by Crippen LogP contribution is 2.50. The lowest BCUT2D eigenvalue weighted by atomic mass is 9.69. The normalized spacial score (nSPS) is 20.9. The number of methoxy groups -OCH3 is 4. The Kier molecular flexibility index (Phi) is 8.45. The van der Waals surface area contributed by atoms with Crippen LogP contribution in [0.5, 0.6) is 23.0 Å². The first-order valence-corrected chi connectivity index (χ1v) is 13.2. The summed E-state index contributed by atoms with van der Waals surface area (Å²) in [5.41, 5.74) is 3.53. The van der Waals surface area contributed by atoms with Gasteiger partial charge in [-0.1, -0.05) is 22.0 Å². The topological polar surface area (TPSA) is 92.7 Å². The van der Waals surface area contributed by atoms with Crippen LogP contribution < -0.4 is 18.9 Å². The molecule has 1 heterocycles. The molecule has 2 aromatic rings. The lowest BCUT2D eigenvalue weighted by Gasteiger charge is -2.37. The molecular formula is C29H32BrNO7. The lowest BCUT2D eigenvalue weighted by Crippen LogP contribution is -2.38. The maximum atomic E-state index is 13.9. The number of esters is 1. The van der Waals surface area contributed by atoms with Crippen molar-refractivity contribution in [1.29, 1.82) is 0 Å². The number of nitrogens with zero attached hydrogens (tertiary/aromatic N) is 1. The lowest BCUT2D eigenvalue weighted by molar-refractivity contribution is -0.146. The van der Waals surface area contributed by atoms with Crippen LogP contribution in [-0.4, -0.2) is 52.5 Å². The molecule has 1 aliphatic heterocycles.